The molecule has 1 amide bonds. The van der Waals surface area contributed by atoms with E-state index in [0.29, 0.717) is 11.5 Å². The maximum absolute atomic E-state index is 15.4. The Kier molecular flexibility index (Phi) is 8.86. The Morgan fingerprint density at radius 1 is 0.953 bits per heavy atom. The fourth-order valence-electron chi connectivity index (χ4n) is 5.20. The third kappa shape index (κ3) is 6.00. The van der Waals surface area contributed by atoms with Crippen molar-refractivity contribution < 1.29 is 33.2 Å². The maximum atomic E-state index is 15.4. The van der Waals surface area contributed by atoms with Crippen molar-refractivity contribution in [3.05, 3.63) is 118 Å². The summed E-state index contributed by atoms with van der Waals surface area (Å²) in [5, 5.41) is 13.3. The molecule has 0 spiro atoms. The van der Waals surface area contributed by atoms with Crippen molar-refractivity contribution in [3.8, 4) is 11.5 Å². The lowest BCUT2D eigenvalue weighted by molar-refractivity contribution is -0.114. The number of halogens is 1. The van der Waals surface area contributed by atoms with E-state index < -0.39 is 41.8 Å². The van der Waals surface area contributed by atoms with Gasteiger partial charge in [-0.05, 0) is 47.0 Å². The van der Waals surface area contributed by atoms with E-state index in [1.54, 1.807) is 14.2 Å². The number of benzene rings is 3. The zero-order valence-corrected chi connectivity index (χ0v) is 23.8. The van der Waals surface area contributed by atoms with Crippen molar-refractivity contribution in [3.63, 3.8) is 0 Å². The second-order valence-electron chi connectivity index (χ2n) is 10.00. The zero-order chi connectivity index (χ0) is 30.6. The number of anilines is 1. The van der Waals surface area contributed by atoms with E-state index in [4.69, 9.17) is 18.9 Å². The predicted octanol–water partition coefficient (Wildman–Crippen LogP) is 3.82. The van der Waals surface area contributed by atoms with Gasteiger partial charge in [0.2, 0.25) is 5.91 Å². The first-order valence-corrected chi connectivity index (χ1v) is 13.6. The van der Waals surface area contributed by atoms with E-state index in [-0.39, 0.29) is 12.4 Å². The van der Waals surface area contributed by atoms with E-state index in [9.17, 15) is 14.7 Å². The molecule has 10 nitrogen and oxygen atoms in total. The van der Waals surface area contributed by atoms with Gasteiger partial charge in [-0.1, -0.05) is 54.6 Å². The number of methoxy groups -OCH3 is 2. The number of ether oxygens (including phenoxy) is 4. The minimum absolute atomic E-state index is 0.0224. The van der Waals surface area contributed by atoms with Crippen LogP contribution < -0.4 is 20.5 Å². The van der Waals surface area contributed by atoms with Gasteiger partial charge in [0.25, 0.3) is 0 Å². The molecule has 224 valence electrons. The second-order valence-corrected chi connectivity index (χ2v) is 10.00. The van der Waals surface area contributed by atoms with Crippen LogP contribution in [0.5, 0.6) is 11.5 Å². The van der Waals surface area contributed by atoms with Crippen LogP contribution in [-0.4, -0.2) is 59.8 Å². The topological polar surface area (TPSA) is 121 Å². The number of hydrogen-bond donors (Lipinski definition) is 2. The summed E-state index contributed by atoms with van der Waals surface area (Å²) >= 11 is 0. The molecule has 5 rings (SSSR count). The van der Waals surface area contributed by atoms with Crippen LogP contribution in [0.25, 0.3) is 0 Å². The van der Waals surface area contributed by atoms with Gasteiger partial charge < -0.3 is 29.4 Å². The number of nitrogens with zero attached hydrogens (tertiary/aromatic N) is 2. The standard InChI is InChI=1S/C32H32FN3O7/c1-20(37)34-27-17-18-36(31(39)35-27)30-28(33)29(38)26(43-30)19-42-32(21-7-5-4-6-8-21,22-9-13-24(40-2)14-10-22)23-11-15-25(41-3)16-12-23/h4-18,26,28-30,38H,19H2,1-3H3,(H,34,35,37,39)/t26-,28+,29-,30-/m1/s1. The third-order valence-corrected chi connectivity index (χ3v) is 7.34. The number of aliphatic hydroxyl groups excluding tert-OH is 1. The summed E-state index contributed by atoms with van der Waals surface area (Å²) in [5.41, 5.74) is 0.215. The average Bonchev–Trinajstić information content (AvgIpc) is 3.31. The van der Waals surface area contributed by atoms with Crippen LogP contribution in [0, 0.1) is 0 Å². The summed E-state index contributed by atoms with van der Waals surface area (Å²) in [5.74, 6) is 0.922. The molecule has 1 fully saturated rings. The molecule has 2 N–H and O–H groups in total. The van der Waals surface area contributed by atoms with Crippen LogP contribution in [0.4, 0.5) is 10.2 Å². The van der Waals surface area contributed by atoms with Crippen molar-refractivity contribution in [2.45, 2.75) is 37.1 Å². The first kappa shape index (κ1) is 29.9. The van der Waals surface area contributed by atoms with Crippen molar-refractivity contribution in [2.75, 3.05) is 26.1 Å². The third-order valence-electron chi connectivity index (χ3n) is 7.34. The largest absolute Gasteiger partial charge is 0.497 e. The smallest absolute Gasteiger partial charge is 0.351 e. The molecule has 2 heterocycles. The highest BCUT2D eigenvalue weighted by atomic mass is 19.1. The SMILES string of the molecule is COc1ccc(C(OC[C@H]2O[C@@H](n3ccc(NC(C)=O)nc3=O)[C@@H](F)[C@@H]2O)(c2ccccc2)c2ccc(OC)cc2)cc1. The monoisotopic (exact) mass is 589 g/mol. The van der Waals surface area contributed by atoms with Gasteiger partial charge in [0.1, 0.15) is 35.1 Å². The molecule has 11 heteroatoms. The average molecular weight is 590 g/mol. The number of alkyl halides is 1. The molecule has 4 aromatic rings. The van der Waals surface area contributed by atoms with Gasteiger partial charge in [0.05, 0.1) is 20.8 Å². The molecular formula is C32H32FN3O7. The molecule has 1 saturated heterocycles. The quantitative estimate of drug-likeness (QED) is 0.268. The maximum Gasteiger partial charge on any atom is 0.351 e. The predicted molar refractivity (Wildman–Crippen MR) is 156 cm³/mol. The molecule has 1 aliphatic heterocycles. The van der Waals surface area contributed by atoms with Gasteiger partial charge in [0, 0.05) is 13.1 Å². The van der Waals surface area contributed by atoms with E-state index in [2.05, 4.69) is 10.3 Å². The Balaban J connectivity index is 1.51. The molecular weight excluding hydrogens is 557 g/mol. The van der Waals surface area contributed by atoms with Crippen LogP contribution in [0.2, 0.25) is 0 Å². The summed E-state index contributed by atoms with van der Waals surface area (Å²) < 4.78 is 39.8. The van der Waals surface area contributed by atoms with Crippen LogP contribution >= 0.6 is 0 Å². The lowest BCUT2D eigenvalue weighted by Gasteiger charge is -2.37. The number of amides is 1. The van der Waals surface area contributed by atoms with Crippen molar-refractivity contribution in [1.29, 1.82) is 0 Å². The molecule has 3 aromatic carbocycles. The highest BCUT2D eigenvalue weighted by Gasteiger charge is 2.47. The van der Waals surface area contributed by atoms with Crippen molar-refractivity contribution in [1.82, 2.24) is 9.55 Å². The van der Waals surface area contributed by atoms with E-state index >= 15 is 4.39 Å². The number of hydrogen-bond acceptors (Lipinski definition) is 8. The van der Waals surface area contributed by atoms with Gasteiger partial charge in [-0.15, -0.1) is 0 Å². The highest BCUT2D eigenvalue weighted by molar-refractivity contribution is 5.87. The lowest BCUT2D eigenvalue weighted by atomic mass is 9.80. The van der Waals surface area contributed by atoms with Gasteiger partial charge in [0.15, 0.2) is 12.4 Å². The fraction of sp³-hybridized carbons (Fsp3) is 0.281. The molecule has 0 unspecified atom stereocenters. The summed E-state index contributed by atoms with van der Waals surface area (Å²) in [4.78, 5) is 27.8. The van der Waals surface area contributed by atoms with Crippen LogP contribution in [0.1, 0.15) is 29.8 Å². The van der Waals surface area contributed by atoms with Crippen molar-refractivity contribution >= 4 is 11.7 Å². The number of carbonyl (C=O) groups is 1. The molecule has 1 aromatic heterocycles. The molecule has 0 bridgehead atoms. The van der Waals surface area contributed by atoms with Gasteiger partial charge in [-0.2, -0.15) is 4.98 Å². The Morgan fingerprint density at radius 2 is 1.51 bits per heavy atom. The number of rotatable bonds is 10. The molecule has 1 aliphatic rings. The van der Waals surface area contributed by atoms with Gasteiger partial charge in [-0.3, -0.25) is 9.36 Å². The van der Waals surface area contributed by atoms with Crippen LogP contribution in [0.15, 0.2) is 95.9 Å². The Labute approximate surface area is 247 Å². The number of aromatic nitrogens is 2. The first-order chi connectivity index (χ1) is 20.8. The minimum Gasteiger partial charge on any atom is -0.497 e. The van der Waals surface area contributed by atoms with Crippen LogP contribution in [0.3, 0.4) is 0 Å². The summed E-state index contributed by atoms with van der Waals surface area (Å²) in [6.45, 7) is 1.04. The summed E-state index contributed by atoms with van der Waals surface area (Å²) in [6.07, 6.45) is -4.89. The van der Waals surface area contributed by atoms with E-state index in [0.717, 1.165) is 21.3 Å². The van der Waals surface area contributed by atoms with Gasteiger partial charge in [-0.25, -0.2) is 9.18 Å². The molecule has 43 heavy (non-hydrogen) atoms. The van der Waals surface area contributed by atoms with Crippen molar-refractivity contribution in [2.24, 2.45) is 0 Å². The zero-order valence-electron chi connectivity index (χ0n) is 23.8. The lowest BCUT2D eigenvalue weighted by Crippen LogP contribution is -2.39. The van der Waals surface area contributed by atoms with E-state index in [1.807, 2.05) is 78.9 Å². The Hall–Kier alpha value is -4.58. The van der Waals surface area contributed by atoms with E-state index in [1.165, 1.54) is 19.2 Å². The first-order valence-electron chi connectivity index (χ1n) is 13.6. The summed E-state index contributed by atoms with van der Waals surface area (Å²) in [6, 6.07) is 25.6. The Morgan fingerprint density at radius 3 is 2.02 bits per heavy atom. The second kappa shape index (κ2) is 12.7. The van der Waals surface area contributed by atoms with Gasteiger partial charge >= 0.3 is 5.69 Å². The highest BCUT2D eigenvalue weighted by Crippen LogP contribution is 2.43. The Bertz CT molecular complexity index is 1550. The summed E-state index contributed by atoms with van der Waals surface area (Å²) in [7, 11) is 3.16. The molecule has 0 radical (unpaired) electrons. The molecule has 0 aliphatic carbocycles. The normalized spacial score (nSPS) is 20.0. The fourth-order valence-corrected chi connectivity index (χ4v) is 5.20. The molecule has 4 atom stereocenters. The number of aliphatic hydroxyl groups is 1. The van der Waals surface area contributed by atoms with Crippen LogP contribution in [-0.2, 0) is 19.9 Å². The number of nitrogens with one attached hydrogen (secondary N) is 1. The molecule has 0 saturated carbocycles. The minimum atomic E-state index is -1.95. The number of carbonyl (C=O) groups excluding carboxylic acids is 1.